The molecule has 1 atom stereocenters. The van der Waals surface area contributed by atoms with Gasteiger partial charge in [0.25, 0.3) is 5.91 Å². The van der Waals surface area contributed by atoms with Crippen molar-refractivity contribution < 1.29 is 9.53 Å². The third-order valence-corrected chi connectivity index (χ3v) is 5.38. The minimum absolute atomic E-state index is 0.0884. The van der Waals surface area contributed by atoms with E-state index in [9.17, 15) is 4.79 Å². The zero-order valence-corrected chi connectivity index (χ0v) is 17.3. The Labute approximate surface area is 168 Å². The van der Waals surface area contributed by atoms with Crippen molar-refractivity contribution in [1.29, 1.82) is 0 Å². The lowest BCUT2D eigenvalue weighted by atomic mass is 10.0. The second kappa shape index (κ2) is 9.74. The lowest BCUT2D eigenvalue weighted by Gasteiger charge is -2.20. The molecule has 4 heteroatoms. The van der Waals surface area contributed by atoms with E-state index in [1.54, 1.807) is 0 Å². The van der Waals surface area contributed by atoms with Crippen molar-refractivity contribution in [3.8, 4) is 5.75 Å². The Hall–Kier alpha value is -2.33. The largest absolute Gasteiger partial charge is 0.481 e. The van der Waals surface area contributed by atoms with Gasteiger partial charge in [0.2, 0.25) is 0 Å². The fourth-order valence-electron chi connectivity index (χ4n) is 3.70. The van der Waals surface area contributed by atoms with Crippen LogP contribution >= 0.6 is 0 Å². The molecule has 2 aromatic carbocycles. The highest BCUT2D eigenvalue weighted by Gasteiger charge is 2.18. The van der Waals surface area contributed by atoms with E-state index in [4.69, 9.17) is 4.74 Å². The van der Waals surface area contributed by atoms with E-state index in [0.29, 0.717) is 12.5 Å². The summed E-state index contributed by atoms with van der Waals surface area (Å²) >= 11 is 0. The second-order valence-electron chi connectivity index (χ2n) is 7.92. The standard InChI is InChI=1S/C24H32N2O2/c1-18(2)22-12-6-7-13-23(22)28-19(3)24(27)25-16-20-10-4-5-11-21(20)17-26-14-8-9-15-26/h4-7,10-13,18-19H,8-9,14-17H2,1-3H3,(H,25,27)/t19-/m0/s1. The van der Waals surface area contributed by atoms with Crippen LogP contribution in [0.4, 0.5) is 0 Å². The van der Waals surface area contributed by atoms with Crippen LogP contribution in [-0.2, 0) is 17.9 Å². The fourth-order valence-corrected chi connectivity index (χ4v) is 3.70. The molecule has 0 unspecified atom stereocenters. The molecule has 28 heavy (non-hydrogen) atoms. The number of ether oxygens (including phenoxy) is 1. The van der Waals surface area contributed by atoms with E-state index in [-0.39, 0.29) is 5.91 Å². The molecule has 1 amide bonds. The van der Waals surface area contributed by atoms with Gasteiger partial charge < -0.3 is 10.1 Å². The Balaban J connectivity index is 1.58. The fraction of sp³-hybridized carbons (Fsp3) is 0.458. The van der Waals surface area contributed by atoms with Crippen molar-refractivity contribution in [2.75, 3.05) is 13.1 Å². The Morgan fingerprint density at radius 1 is 1.00 bits per heavy atom. The van der Waals surface area contributed by atoms with Crippen molar-refractivity contribution in [1.82, 2.24) is 10.2 Å². The molecule has 0 saturated carbocycles. The summed E-state index contributed by atoms with van der Waals surface area (Å²) in [5.74, 6) is 1.05. The first kappa shape index (κ1) is 20.4. The summed E-state index contributed by atoms with van der Waals surface area (Å²) in [7, 11) is 0. The van der Waals surface area contributed by atoms with Crippen molar-refractivity contribution >= 4 is 5.91 Å². The van der Waals surface area contributed by atoms with E-state index in [1.807, 2.05) is 31.2 Å². The summed E-state index contributed by atoms with van der Waals surface area (Å²) in [5.41, 5.74) is 3.60. The van der Waals surface area contributed by atoms with Crippen LogP contribution in [0.2, 0.25) is 0 Å². The van der Waals surface area contributed by atoms with Gasteiger partial charge in [0.15, 0.2) is 6.10 Å². The van der Waals surface area contributed by atoms with Crippen LogP contribution in [0.3, 0.4) is 0 Å². The summed E-state index contributed by atoms with van der Waals surface area (Å²) in [5, 5.41) is 3.05. The quantitative estimate of drug-likeness (QED) is 0.734. The number of benzene rings is 2. The molecule has 2 aromatic rings. The lowest BCUT2D eigenvalue weighted by molar-refractivity contribution is -0.127. The van der Waals surface area contributed by atoms with Gasteiger partial charge >= 0.3 is 0 Å². The van der Waals surface area contributed by atoms with E-state index < -0.39 is 6.10 Å². The first-order valence-electron chi connectivity index (χ1n) is 10.4. The first-order valence-corrected chi connectivity index (χ1v) is 10.4. The van der Waals surface area contributed by atoms with Gasteiger partial charge in [0, 0.05) is 13.1 Å². The average Bonchev–Trinajstić information content (AvgIpc) is 3.20. The van der Waals surface area contributed by atoms with Crippen LogP contribution in [0.1, 0.15) is 56.2 Å². The topological polar surface area (TPSA) is 41.6 Å². The summed E-state index contributed by atoms with van der Waals surface area (Å²) in [6, 6.07) is 16.3. The summed E-state index contributed by atoms with van der Waals surface area (Å²) in [4.78, 5) is 15.1. The molecule has 4 nitrogen and oxygen atoms in total. The number of rotatable bonds is 8. The first-order chi connectivity index (χ1) is 13.5. The Bertz CT molecular complexity index is 782. The molecule has 150 valence electrons. The second-order valence-corrected chi connectivity index (χ2v) is 7.92. The number of carbonyl (C=O) groups excluding carboxylic acids is 1. The normalized spacial score (nSPS) is 15.6. The summed E-state index contributed by atoms with van der Waals surface area (Å²) in [6.07, 6.45) is 2.03. The molecule has 1 saturated heterocycles. The van der Waals surface area contributed by atoms with E-state index in [1.165, 1.54) is 37.1 Å². The Morgan fingerprint density at radius 2 is 1.64 bits per heavy atom. The van der Waals surface area contributed by atoms with Crippen molar-refractivity contribution in [3.05, 3.63) is 65.2 Å². The molecule has 0 radical (unpaired) electrons. The maximum atomic E-state index is 12.6. The molecule has 1 aliphatic rings. The third-order valence-electron chi connectivity index (χ3n) is 5.38. The number of carbonyl (C=O) groups is 1. The highest BCUT2D eigenvalue weighted by molar-refractivity contribution is 5.80. The van der Waals surface area contributed by atoms with Gasteiger partial charge in [-0.1, -0.05) is 56.3 Å². The summed E-state index contributed by atoms with van der Waals surface area (Å²) in [6.45, 7) is 9.89. The number of hydrogen-bond acceptors (Lipinski definition) is 3. The van der Waals surface area contributed by atoms with Gasteiger partial charge in [-0.25, -0.2) is 0 Å². The van der Waals surface area contributed by atoms with E-state index in [2.05, 4.69) is 48.3 Å². The van der Waals surface area contributed by atoms with Crippen LogP contribution in [0.5, 0.6) is 5.75 Å². The number of likely N-dealkylation sites (tertiary alicyclic amines) is 1. The van der Waals surface area contributed by atoms with Crippen molar-refractivity contribution in [3.63, 3.8) is 0 Å². The average molecular weight is 381 g/mol. The SMILES string of the molecule is CC(C)c1ccccc1O[C@@H](C)C(=O)NCc1ccccc1CN1CCCC1. The molecule has 1 N–H and O–H groups in total. The number of nitrogens with zero attached hydrogens (tertiary/aromatic N) is 1. The molecule has 0 aromatic heterocycles. The minimum atomic E-state index is -0.536. The lowest BCUT2D eigenvalue weighted by Crippen LogP contribution is -2.36. The van der Waals surface area contributed by atoms with Gasteiger partial charge in [-0.15, -0.1) is 0 Å². The molecule has 0 bridgehead atoms. The maximum absolute atomic E-state index is 12.6. The molecule has 1 heterocycles. The van der Waals surface area contributed by atoms with E-state index in [0.717, 1.165) is 17.9 Å². The third kappa shape index (κ3) is 5.35. The number of para-hydroxylation sites is 1. The minimum Gasteiger partial charge on any atom is -0.481 e. The zero-order chi connectivity index (χ0) is 19.9. The number of nitrogens with one attached hydrogen (secondary N) is 1. The summed E-state index contributed by atoms with van der Waals surface area (Å²) < 4.78 is 5.97. The van der Waals surface area contributed by atoms with Gasteiger partial charge in [-0.2, -0.15) is 0 Å². The van der Waals surface area contributed by atoms with Crippen LogP contribution in [0.15, 0.2) is 48.5 Å². The van der Waals surface area contributed by atoms with Gasteiger partial charge in [-0.05, 0) is 61.5 Å². The predicted octanol–water partition coefficient (Wildman–Crippen LogP) is 4.49. The molecule has 1 aliphatic heterocycles. The van der Waals surface area contributed by atoms with E-state index >= 15 is 0 Å². The predicted molar refractivity (Wildman–Crippen MR) is 113 cm³/mol. The molecular formula is C24H32N2O2. The molecular weight excluding hydrogens is 348 g/mol. The highest BCUT2D eigenvalue weighted by atomic mass is 16.5. The van der Waals surface area contributed by atoms with Crippen LogP contribution in [-0.4, -0.2) is 30.0 Å². The number of hydrogen-bond donors (Lipinski definition) is 1. The van der Waals surface area contributed by atoms with Crippen LogP contribution in [0.25, 0.3) is 0 Å². The molecule has 1 fully saturated rings. The maximum Gasteiger partial charge on any atom is 0.261 e. The molecule has 0 spiro atoms. The Morgan fingerprint density at radius 3 is 2.36 bits per heavy atom. The molecule has 0 aliphatic carbocycles. The monoisotopic (exact) mass is 380 g/mol. The van der Waals surface area contributed by atoms with Gasteiger partial charge in [0.1, 0.15) is 5.75 Å². The van der Waals surface area contributed by atoms with Crippen molar-refractivity contribution in [2.24, 2.45) is 0 Å². The van der Waals surface area contributed by atoms with Crippen LogP contribution in [0, 0.1) is 0 Å². The molecule has 3 rings (SSSR count). The smallest absolute Gasteiger partial charge is 0.261 e. The number of amides is 1. The Kier molecular flexibility index (Phi) is 7.10. The van der Waals surface area contributed by atoms with Crippen LogP contribution < -0.4 is 10.1 Å². The van der Waals surface area contributed by atoms with Crippen molar-refractivity contribution in [2.45, 2.75) is 58.7 Å². The zero-order valence-electron chi connectivity index (χ0n) is 17.3. The van der Waals surface area contributed by atoms with Gasteiger partial charge in [0.05, 0.1) is 0 Å². The van der Waals surface area contributed by atoms with Gasteiger partial charge in [-0.3, -0.25) is 9.69 Å². The highest BCUT2D eigenvalue weighted by Crippen LogP contribution is 2.26.